The molecule has 1 aliphatic heterocycles. The maximum Gasteiger partial charge on any atom is 0.261 e. The SMILES string of the molecule is O=C(c1ccc(NS(=O)(=O)c2ccc(F)c(F)c2)cc1)N1CCC[C@@H]1c1nc2ccccc2s1. The maximum atomic E-state index is 13.4. The van der Waals surface area contributed by atoms with Crippen LogP contribution in [0.25, 0.3) is 10.2 Å². The van der Waals surface area contributed by atoms with E-state index in [9.17, 15) is 22.0 Å². The van der Waals surface area contributed by atoms with Gasteiger partial charge in [-0.1, -0.05) is 12.1 Å². The summed E-state index contributed by atoms with van der Waals surface area (Å²) in [7, 11) is -4.12. The van der Waals surface area contributed by atoms with Crippen molar-refractivity contribution in [3.05, 3.63) is 88.9 Å². The topological polar surface area (TPSA) is 79.4 Å². The Morgan fingerprint density at radius 2 is 1.79 bits per heavy atom. The maximum absolute atomic E-state index is 13.4. The van der Waals surface area contributed by atoms with Crippen molar-refractivity contribution in [2.24, 2.45) is 0 Å². The smallest absolute Gasteiger partial charge is 0.261 e. The first-order chi connectivity index (χ1) is 16.3. The number of benzene rings is 3. The minimum atomic E-state index is -4.12. The summed E-state index contributed by atoms with van der Waals surface area (Å²) in [5.41, 5.74) is 1.54. The largest absolute Gasteiger partial charge is 0.329 e. The standard InChI is InChI=1S/C24H19F2N3O3S2/c25-18-12-11-17(14-19(18)26)34(31,32)28-16-9-7-15(8-10-16)24(30)29-13-3-5-21(29)23-27-20-4-1-2-6-22(20)33-23/h1-2,4,6-12,14,21,28H,3,5,13H2/t21-/m1/s1. The molecule has 3 aromatic carbocycles. The summed E-state index contributed by atoms with van der Waals surface area (Å²) in [4.78, 5) is 19.3. The highest BCUT2D eigenvalue weighted by molar-refractivity contribution is 7.92. The van der Waals surface area contributed by atoms with Crippen LogP contribution in [-0.2, 0) is 10.0 Å². The number of fused-ring (bicyclic) bond motifs is 1. The van der Waals surface area contributed by atoms with E-state index in [1.165, 1.54) is 12.1 Å². The van der Waals surface area contributed by atoms with Crippen LogP contribution in [0.2, 0.25) is 0 Å². The number of para-hydroxylation sites is 1. The number of rotatable bonds is 5. The van der Waals surface area contributed by atoms with Crippen LogP contribution in [0.4, 0.5) is 14.5 Å². The van der Waals surface area contributed by atoms with Gasteiger partial charge in [-0.3, -0.25) is 9.52 Å². The molecule has 1 saturated heterocycles. The number of carbonyl (C=O) groups excluding carboxylic acids is 1. The van der Waals surface area contributed by atoms with Gasteiger partial charge in [-0.2, -0.15) is 0 Å². The molecular formula is C24H19F2N3O3S2. The second kappa shape index (κ2) is 8.77. The Hall–Kier alpha value is -3.37. The molecule has 0 unspecified atom stereocenters. The van der Waals surface area contributed by atoms with Gasteiger partial charge in [-0.25, -0.2) is 22.2 Å². The summed E-state index contributed by atoms with van der Waals surface area (Å²) in [6.45, 7) is 0.615. The monoisotopic (exact) mass is 499 g/mol. The highest BCUT2D eigenvalue weighted by Crippen LogP contribution is 2.37. The number of hydrogen-bond donors (Lipinski definition) is 1. The molecule has 5 rings (SSSR count). The van der Waals surface area contributed by atoms with Crippen molar-refractivity contribution in [1.82, 2.24) is 9.88 Å². The van der Waals surface area contributed by atoms with Gasteiger partial charge in [-0.05, 0) is 67.4 Å². The van der Waals surface area contributed by atoms with E-state index in [2.05, 4.69) is 4.72 Å². The zero-order chi connectivity index (χ0) is 23.9. The summed E-state index contributed by atoms with van der Waals surface area (Å²) >= 11 is 1.59. The number of sulfonamides is 1. The molecule has 1 amide bonds. The number of nitrogens with zero attached hydrogens (tertiary/aromatic N) is 2. The predicted octanol–water partition coefficient (Wildman–Crippen LogP) is 5.35. The lowest BCUT2D eigenvalue weighted by molar-refractivity contribution is 0.0735. The summed E-state index contributed by atoms with van der Waals surface area (Å²) in [6.07, 6.45) is 1.70. The molecule has 1 aromatic heterocycles. The lowest BCUT2D eigenvalue weighted by Crippen LogP contribution is -2.30. The molecule has 4 aromatic rings. The fourth-order valence-electron chi connectivity index (χ4n) is 4.00. The Morgan fingerprint density at radius 3 is 2.53 bits per heavy atom. The number of aromatic nitrogens is 1. The average Bonchev–Trinajstić information content (AvgIpc) is 3.47. The van der Waals surface area contributed by atoms with Crippen LogP contribution < -0.4 is 4.72 Å². The van der Waals surface area contributed by atoms with Crippen molar-refractivity contribution in [2.45, 2.75) is 23.8 Å². The van der Waals surface area contributed by atoms with Crippen LogP contribution in [-0.4, -0.2) is 30.8 Å². The predicted molar refractivity (Wildman–Crippen MR) is 126 cm³/mol. The van der Waals surface area contributed by atoms with E-state index in [1.54, 1.807) is 28.4 Å². The molecule has 6 nitrogen and oxygen atoms in total. The quantitative estimate of drug-likeness (QED) is 0.401. The number of amides is 1. The fourth-order valence-corrected chi connectivity index (χ4v) is 6.19. The molecule has 1 fully saturated rings. The van der Waals surface area contributed by atoms with E-state index in [0.717, 1.165) is 40.2 Å². The Labute approximate surface area is 198 Å². The molecule has 10 heteroatoms. The van der Waals surface area contributed by atoms with E-state index in [-0.39, 0.29) is 17.6 Å². The van der Waals surface area contributed by atoms with E-state index < -0.39 is 26.6 Å². The summed E-state index contributed by atoms with van der Waals surface area (Å²) in [5, 5.41) is 0.906. The molecule has 1 atom stereocenters. The van der Waals surface area contributed by atoms with Crippen LogP contribution in [0, 0.1) is 11.6 Å². The highest BCUT2D eigenvalue weighted by Gasteiger charge is 2.32. The minimum absolute atomic E-state index is 0.101. The lowest BCUT2D eigenvalue weighted by atomic mass is 10.1. The third-order valence-corrected chi connectivity index (χ3v) is 8.21. The third-order valence-electron chi connectivity index (χ3n) is 5.69. The van der Waals surface area contributed by atoms with Gasteiger partial charge in [0.05, 0.1) is 21.2 Å². The van der Waals surface area contributed by atoms with Gasteiger partial charge in [-0.15, -0.1) is 11.3 Å². The molecule has 0 aliphatic carbocycles. The molecule has 34 heavy (non-hydrogen) atoms. The Balaban J connectivity index is 1.33. The van der Waals surface area contributed by atoms with E-state index in [4.69, 9.17) is 4.98 Å². The van der Waals surface area contributed by atoms with Crippen molar-refractivity contribution in [3.8, 4) is 0 Å². The van der Waals surface area contributed by atoms with Gasteiger partial charge in [0, 0.05) is 17.8 Å². The number of carbonyl (C=O) groups is 1. The Morgan fingerprint density at radius 1 is 1.03 bits per heavy atom. The van der Waals surface area contributed by atoms with Crippen LogP contribution >= 0.6 is 11.3 Å². The fraction of sp³-hybridized carbons (Fsp3) is 0.167. The van der Waals surface area contributed by atoms with Gasteiger partial charge in [0.2, 0.25) is 0 Å². The first-order valence-electron chi connectivity index (χ1n) is 10.6. The summed E-state index contributed by atoms with van der Waals surface area (Å²) < 4.78 is 54.9. The van der Waals surface area contributed by atoms with Crippen LogP contribution in [0.15, 0.2) is 71.6 Å². The normalized spacial score (nSPS) is 16.2. The second-order valence-electron chi connectivity index (χ2n) is 7.94. The molecule has 1 aliphatic rings. The van der Waals surface area contributed by atoms with E-state index in [0.29, 0.717) is 18.2 Å². The molecular weight excluding hydrogens is 480 g/mol. The number of halogens is 2. The first-order valence-corrected chi connectivity index (χ1v) is 12.9. The van der Waals surface area contributed by atoms with Crippen LogP contribution in [0.3, 0.4) is 0 Å². The molecule has 1 N–H and O–H groups in total. The molecule has 174 valence electrons. The van der Waals surface area contributed by atoms with E-state index >= 15 is 0 Å². The summed E-state index contributed by atoms with van der Waals surface area (Å²) in [5.74, 6) is -2.54. The average molecular weight is 500 g/mol. The summed E-state index contributed by atoms with van der Waals surface area (Å²) in [6, 6.07) is 16.1. The number of hydrogen-bond acceptors (Lipinski definition) is 5. The van der Waals surface area contributed by atoms with Crippen molar-refractivity contribution in [2.75, 3.05) is 11.3 Å². The van der Waals surface area contributed by atoms with Gasteiger partial charge in [0.25, 0.3) is 15.9 Å². The minimum Gasteiger partial charge on any atom is -0.329 e. The molecule has 0 spiro atoms. The van der Waals surface area contributed by atoms with Crippen molar-refractivity contribution < 1.29 is 22.0 Å². The van der Waals surface area contributed by atoms with Gasteiger partial charge in [0.1, 0.15) is 5.01 Å². The molecule has 0 saturated carbocycles. The van der Waals surface area contributed by atoms with Crippen LogP contribution in [0.5, 0.6) is 0 Å². The number of anilines is 1. The van der Waals surface area contributed by atoms with Crippen molar-refractivity contribution in [1.29, 1.82) is 0 Å². The highest BCUT2D eigenvalue weighted by atomic mass is 32.2. The second-order valence-corrected chi connectivity index (χ2v) is 10.7. The third kappa shape index (κ3) is 4.26. The molecule has 2 heterocycles. The van der Waals surface area contributed by atoms with Crippen molar-refractivity contribution in [3.63, 3.8) is 0 Å². The van der Waals surface area contributed by atoms with Gasteiger partial charge >= 0.3 is 0 Å². The van der Waals surface area contributed by atoms with Crippen LogP contribution in [0.1, 0.15) is 34.2 Å². The first kappa shape index (κ1) is 22.4. The van der Waals surface area contributed by atoms with Gasteiger partial charge < -0.3 is 4.90 Å². The number of likely N-dealkylation sites (tertiary alicyclic amines) is 1. The number of nitrogens with one attached hydrogen (secondary N) is 1. The van der Waals surface area contributed by atoms with Crippen molar-refractivity contribution >= 4 is 43.2 Å². The van der Waals surface area contributed by atoms with Gasteiger partial charge in [0.15, 0.2) is 11.6 Å². The zero-order valence-corrected chi connectivity index (χ0v) is 19.4. The molecule has 0 bridgehead atoms. The lowest BCUT2D eigenvalue weighted by Gasteiger charge is -2.23. The Bertz CT molecular complexity index is 1450. The molecule has 0 radical (unpaired) electrons. The number of thiazole rings is 1. The van der Waals surface area contributed by atoms with E-state index in [1.807, 2.05) is 24.3 Å². The Kier molecular flexibility index (Phi) is 5.78. The zero-order valence-electron chi connectivity index (χ0n) is 17.7.